The third-order valence-corrected chi connectivity index (χ3v) is 4.80. The zero-order valence-corrected chi connectivity index (χ0v) is 15.6. The van der Waals surface area contributed by atoms with Gasteiger partial charge < -0.3 is 14.8 Å². The van der Waals surface area contributed by atoms with Crippen molar-refractivity contribution in [3.63, 3.8) is 0 Å². The average molecular weight is 410 g/mol. The largest absolute Gasteiger partial charge is 0.497 e. The first-order valence-corrected chi connectivity index (χ1v) is 8.09. The smallest absolute Gasteiger partial charge is 0.271 e. The van der Waals surface area contributed by atoms with E-state index >= 15 is 0 Å². The highest BCUT2D eigenvalue weighted by molar-refractivity contribution is 6.52. The lowest BCUT2D eigenvalue weighted by Gasteiger charge is -2.12. The maximum Gasteiger partial charge on any atom is 0.271 e. The van der Waals surface area contributed by atoms with Gasteiger partial charge in [0.15, 0.2) is 0 Å². The van der Waals surface area contributed by atoms with Gasteiger partial charge in [-0.1, -0.05) is 46.4 Å². The quantitative estimate of drug-likeness (QED) is 0.730. The van der Waals surface area contributed by atoms with Crippen molar-refractivity contribution in [1.82, 2.24) is 10.3 Å². The molecule has 0 aliphatic carbocycles. The van der Waals surface area contributed by atoms with Crippen molar-refractivity contribution in [3.8, 4) is 11.5 Å². The summed E-state index contributed by atoms with van der Waals surface area (Å²) in [5.41, 5.74) is 0.602. The fourth-order valence-corrected chi connectivity index (χ4v) is 2.73. The van der Waals surface area contributed by atoms with Crippen LogP contribution in [0.25, 0.3) is 0 Å². The molecule has 0 bridgehead atoms. The molecule has 0 aliphatic rings. The molecule has 128 valence electrons. The van der Waals surface area contributed by atoms with Crippen LogP contribution in [-0.4, -0.2) is 25.1 Å². The zero-order valence-electron chi connectivity index (χ0n) is 12.6. The number of halogens is 4. The predicted molar refractivity (Wildman–Crippen MR) is 95.0 cm³/mol. The molecular weight excluding hydrogens is 398 g/mol. The Kier molecular flexibility index (Phi) is 6.40. The summed E-state index contributed by atoms with van der Waals surface area (Å²) in [5, 5.41) is 2.47. The average Bonchev–Trinajstić information content (AvgIpc) is 2.60. The van der Waals surface area contributed by atoms with Crippen molar-refractivity contribution in [2.24, 2.45) is 0 Å². The summed E-state index contributed by atoms with van der Waals surface area (Å²) in [6.45, 7) is 0.162. The van der Waals surface area contributed by atoms with Crippen LogP contribution in [0.15, 0.2) is 18.2 Å². The van der Waals surface area contributed by atoms with E-state index in [1.54, 1.807) is 25.3 Å². The Hall–Kier alpha value is -1.40. The van der Waals surface area contributed by atoms with E-state index in [1.165, 1.54) is 7.11 Å². The molecule has 5 nitrogen and oxygen atoms in total. The van der Waals surface area contributed by atoms with Gasteiger partial charge in [0.1, 0.15) is 22.3 Å². The molecule has 1 N–H and O–H groups in total. The van der Waals surface area contributed by atoms with Crippen LogP contribution in [0.4, 0.5) is 0 Å². The zero-order chi connectivity index (χ0) is 17.9. The van der Waals surface area contributed by atoms with Crippen molar-refractivity contribution >= 4 is 52.3 Å². The van der Waals surface area contributed by atoms with Crippen LogP contribution in [0.2, 0.25) is 20.2 Å². The molecule has 9 heteroatoms. The van der Waals surface area contributed by atoms with Crippen molar-refractivity contribution in [1.29, 1.82) is 0 Å². The van der Waals surface area contributed by atoms with Crippen LogP contribution in [-0.2, 0) is 6.54 Å². The number of carbonyl (C=O) groups excluding carboxylic acids is 1. The van der Waals surface area contributed by atoms with Crippen LogP contribution < -0.4 is 14.8 Å². The van der Waals surface area contributed by atoms with Crippen molar-refractivity contribution in [2.75, 3.05) is 14.2 Å². The monoisotopic (exact) mass is 408 g/mol. The molecule has 0 spiro atoms. The lowest BCUT2D eigenvalue weighted by atomic mass is 10.2. The Labute approximate surface area is 158 Å². The van der Waals surface area contributed by atoms with Gasteiger partial charge in [-0.05, 0) is 18.2 Å². The van der Waals surface area contributed by atoms with Gasteiger partial charge in [0.2, 0.25) is 0 Å². The van der Waals surface area contributed by atoms with E-state index in [-0.39, 0.29) is 32.5 Å². The molecule has 1 aromatic carbocycles. The van der Waals surface area contributed by atoms with Gasteiger partial charge in [-0.15, -0.1) is 0 Å². The summed E-state index contributed by atoms with van der Waals surface area (Å²) >= 11 is 23.6. The number of nitrogens with zero attached hydrogens (tertiary/aromatic N) is 1. The van der Waals surface area contributed by atoms with Gasteiger partial charge in [0.25, 0.3) is 5.91 Å². The number of benzene rings is 1. The SMILES string of the molecule is COc1ccc(OC)c(CNC(=O)c2nc(Cl)c(Cl)c(Cl)c2Cl)c1. The highest BCUT2D eigenvalue weighted by Gasteiger charge is 2.20. The lowest BCUT2D eigenvalue weighted by molar-refractivity contribution is 0.0946. The lowest BCUT2D eigenvalue weighted by Crippen LogP contribution is -2.24. The molecule has 0 fully saturated rings. The Morgan fingerprint density at radius 2 is 1.79 bits per heavy atom. The highest BCUT2D eigenvalue weighted by atomic mass is 35.5. The number of methoxy groups -OCH3 is 2. The molecule has 0 saturated carbocycles. The number of hydrogen-bond acceptors (Lipinski definition) is 4. The first-order chi connectivity index (χ1) is 11.4. The minimum atomic E-state index is -0.551. The normalized spacial score (nSPS) is 10.4. The summed E-state index contributed by atoms with van der Waals surface area (Å²) in [6.07, 6.45) is 0. The molecule has 0 radical (unpaired) electrons. The molecule has 0 saturated heterocycles. The molecule has 0 unspecified atom stereocenters. The van der Waals surface area contributed by atoms with E-state index in [9.17, 15) is 4.79 Å². The van der Waals surface area contributed by atoms with E-state index < -0.39 is 5.91 Å². The molecule has 1 amide bonds. The molecule has 24 heavy (non-hydrogen) atoms. The molecule has 2 aromatic rings. The number of pyridine rings is 1. The maximum absolute atomic E-state index is 12.3. The van der Waals surface area contributed by atoms with E-state index in [2.05, 4.69) is 10.3 Å². The van der Waals surface area contributed by atoms with Gasteiger partial charge >= 0.3 is 0 Å². The third-order valence-electron chi connectivity index (χ3n) is 3.13. The van der Waals surface area contributed by atoms with Crippen LogP contribution >= 0.6 is 46.4 Å². The summed E-state index contributed by atoms with van der Waals surface area (Å²) in [5.74, 6) is 0.682. The second-order valence-electron chi connectivity index (χ2n) is 4.55. The van der Waals surface area contributed by atoms with Gasteiger partial charge in [-0.2, -0.15) is 0 Å². The Morgan fingerprint density at radius 1 is 1.08 bits per heavy atom. The van der Waals surface area contributed by atoms with E-state index in [0.29, 0.717) is 17.1 Å². The van der Waals surface area contributed by atoms with Crippen molar-refractivity contribution < 1.29 is 14.3 Å². The summed E-state index contributed by atoms with van der Waals surface area (Å²) in [6, 6.07) is 5.23. The second kappa shape index (κ2) is 8.12. The van der Waals surface area contributed by atoms with E-state index in [1.807, 2.05) is 0 Å². The summed E-state index contributed by atoms with van der Waals surface area (Å²) in [4.78, 5) is 16.2. The van der Waals surface area contributed by atoms with Crippen LogP contribution in [0.1, 0.15) is 16.1 Å². The number of ether oxygens (including phenoxy) is 2. The number of amides is 1. The number of rotatable bonds is 5. The minimum absolute atomic E-state index is 0.00523. The van der Waals surface area contributed by atoms with Crippen molar-refractivity contribution in [2.45, 2.75) is 6.54 Å². The summed E-state index contributed by atoms with van der Waals surface area (Å²) < 4.78 is 10.4. The van der Waals surface area contributed by atoms with E-state index in [0.717, 1.165) is 0 Å². The fraction of sp³-hybridized carbons (Fsp3) is 0.200. The van der Waals surface area contributed by atoms with Crippen molar-refractivity contribution in [3.05, 3.63) is 49.7 Å². The van der Waals surface area contributed by atoms with Gasteiger partial charge in [-0.3, -0.25) is 4.79 Å². The summed E-state index contributed by atoms with van der Waals surface area (Å²) in [7, 11) is 3.08. The Balaban J connectivity index is 2.23. The Morgan fingerprint density at radius 3 is 2.42 bits per heavy atom. The number of nitrogens with one attached hydrogen (secondary N) is 1. The first-order valence-electron chi connectivity index (χ1n) is 6.58. The standard InChI is InChI=1S/C15H12Cl4N2O3/c1-23-8-3-4-9(24-2)7(5-8)6-20-15(22)13-11(17)10(16)12(18)14(19)21-13/h3-5H,6H2,1-2H3,(H,20,22). The molecule has 0 aliphatic heterocycles. The number of hydrogen-bond donors (Lipinski definition) is 1. The Bertz CT molecular complexity index is 784. The molecule has 2 rings (SSSR count). The van der Waals surface area contributed by atoms with Gasteiger partial charge in [0, 0.05) is 12.1 Å². The topological polar surface area (TPSA) is 60.5 Å². The van der Waals surface area contributed by atoms with E-state index in [4.69, 9.17) is 55.9 Å². The van der Waals surface area contributed by atoms with Gasteiger partial charge in [0.05, 0.1) is 29.3 Å². The predicted octanol–water partition coefficient (Wildman–Crippen LogP) is 4.64. The minimum Gasteiger partial charge on any atom is -0.497 e. The van der Waals surface area contributed by atoms with Crippen LogP contribution in [0.5, 0.6) is 11.5 Å². The molecule has 1 aromatic heterocycles. The number of aromatic nitrogens is 1. The number of carbonyl (C=O) groups is 1. The molecular formula is C15H12Cl4N2O3. The second-order valence-corrected chi connectivity index (χ2v) is 6.05. The van der Waals surface area contributed by atoms with Gasteiger partial charge in [-0.25, -0.2) is 4.98 Å². The fourth-order valence-electron chi connectivity index (χ4n) is 1.92. The highest BCUT2D eigenvalue weighted by Crippen LogP contribution is 2.36. The maximum atomic E-state index is 12.3. The first kappa shape index (κ1) is 18.9. The van der Waals surface area contributed by atoms with Crippen LogP contribution in [0, 0.1) is 0 Å². The molecule has 0 atom stereocenters. The van der Waals surface area contributed by atoms with Crippen LogP contribution in [0.3, 0.4) is 0 Å². The molecule has 1 heterocycles. The third kappa shape index (κ3) is 3.98.